The van der Waals surface area contributed by atoms with Crippen molar-refractivity contribution in [3.8, 4) is 5.75 Å². The van der Waals surface area contributed by atoms with Crippen molar-refractivity contribution in [1.82, 2.24) is 4.57 Å². The number of ether oxygens (including phenoxy) is 1. The average molecular weight is 374 g/mol. The molecule has 0 unspecified atom stereocenters. The van der Waals surface area contributed by atoms with Crippen LogP contribution < -0.4 is 21.3 Å². The Morgan fingerprint density at radius 1 is 1.41 bits per heavy atom. The number of benzene rings is 1. The molecule has 116 valence electrons. The van der Waals surface area contributed by atoms with Crippen molar-refractivity contribution in [2.45, 2.75) is 0 Å². The highest BCUT2D eigenvalue weighted by Gasteiger charge is 2.19. The van der Waals surface area contributed by atoms with Crippen LogP contribution in [0.25, 0.3) is 0 Å². The summed E-state index contributed by atoms with van der Waals surface area (Å²) in [6.07, 6.45) is -0.132. The molecule has 1 amide bonds. The van der Waals surface area contributed by atoms with Gasteiger partial charge in [0.05, 0.1) is 11.9 Å². The predicted octanol–water partition coefficient (Wildman–Crippen LogP) is 2.63. The quantitative estimate of drug-likeness (QED) is 0.865. The van der Waals surface area contributed by atoms with Crippen LogP contribution in [0.5, 0.6) is 5.75 Å². The summed E-state index contributed by atoms with van der Waals surface area (Å²) in [5, 5.41) is 2.39. The predicted molar refractivity (Wildman–Crippen MR) is 79.2 cm³/mol. The van der Waals surface area contributed by atoms with Crippen LogP contribution in [0.1, 0.15) is 0 Å². The molecule has 0 atom stereocenters. The van der Waals surface area contributed by atoms with E-state index in [1.807, 2.05) is 0 Å². The fourth-order valence-corrected chi connectivity index (χ4v) is 2.03. The summed E-state index contributed by atoms with van der Waals surface area (Å²) in [4.78, 5) is 22.5. The van der Waals surface area contributed by atoms with Gasteiger partial charge >= 0.3 is 6.09 Å². The lowest BCUT2D eigenvalue weighted by Crippen LogP contribution is -2.24. The lowest BCUT2D eigenvalue weighted by atomic mass is 10.2. The number of primary amides is 1. The van der Waals surface area contributed by atoms with E-state index in [2.05, 4.69) is 26.0 Å². The number of nitrogens with one attached hydrogen (secondary N) is 1. The molecule has 2 rings (SSSR count). The summed E-state index contributed by atoms with van der Waals surface area (Å²) in [5.41, 5.74) is 3.33. The highest BCUT2D eigenvalue weighted by molar-refractivity contribution is 9.10. The summed E-state index contributed by atoms with van der Waals surface area (Å²) >= 11 is 3.08. The van der Waals surface area contributed by atoms with E-state index in [9.17, 15) is 18.4 Å². The minimum Gasteiger partial charge on any atom is -0.407 e. The molecule has 0 saturated heterocycles. The topological polar surface area (TPSA) is 86.3 Å². The zero-order chi connectivity index (χ0) is 16.4. The van der Waals surface area contributed by atoms with Crippen molar-refractivity contribution < 1.29 is 18.3 Å². The van der Waals surface area contributed by atoms with Gasteiger partial charge < -0.3 is 20.4 Å². The summed E-state index contributed by atoms with van der Waals surface area (Å²) in [6, 6.07) is 3.99. The van der Waals surface area contributed by atoms with Crippen LogP contribution in [-0.2, 0) is 7.05 Å². The molecule has 1 aromatic carbocycles. The zero-order valence-corrected chi connectivity index (χ0v) is 12.8. The van der Waals surface area contributed by atoms with Gasteiger partial charge in [0, 0.05) is 11.5 Å². The van der Waals surface area contributed by atoms with Gasteiger partial charge in [-0.2, -0.15) is 4.39 Å². The van der Waals surface area contributed by atoms with Gasteiger partial charge in [0.2, 0.25) is 5.82 Å². The highest BCUT2D eigenvalue weighted by atomic mass is 79.9. The maximum absolute atomic E-state index is 14.1. The molecule has 1 heterocycles. The second kappa shape index (κ2) is 6.14. The number of rotatable bonds is 3. The minimum atomic E-state index is -1.23. The molecule has 0 radical (unpaired) electrons. The normalized spacial score (nSPS) is 10.4. The zero-order valence-electron chi connectivity index (χ0n) is 11.2. The Balaban J connectivity index is 2.55. The number of hydrogen-bond acceptors (Lipinski definition) is 4. The van der Waals surface area contributed by atoms with Gasteiger partial charge in [-0.3, -0.25) is 4.79 Å². The Labute approximate surface area is 131 Å². The van der Waals surface area contributed by atoms with Gasteiger partial charge in [0.1, 0.15) is 11.5 Å². The molecule has 2 aromatic rings. The number of halogens is 3. The van der Waals surface area contributed by atoms with E-state index in [-0.39, 0.29) is 11.4 Å². The summed E-state index contributed by atoms with van der Waals surface area (Å²) < 4.78 is 33.9. The molecule has 1 aromatic heterocycles. The lowest BCUT2D eigenvalue weighted by molar-refractivity contribution is 0.210. The number of pyridine rings is 1. The molecule has 0 spiro atoms. The summed E-state index contributed by atoms with van der Waals surface area (Å²) in [6.45, 7) is 0. The number of hydrogen-bond donors (Lipinski definition) is 2. The van der Waals surface area contributed by atoms with E-state index in [4.69, 9.17) is 5.73 Å². The molecule has 0 saturated carbocycles. The van der Waals surface area contributed by atoms with Gasteiger partial charge in [-0.05, 0) is 18.2 Å². The van der Waals surface area contributed by atoms with E-state index >= 15 is 0 Å². The number of aryl methyl sites for hydroxylation is 1. The van der Waals surface area contributed by atoms with Crippen molar-refractivity contribution in [2.24, 2.45) is 12.8 Å². The van der Waals surface area contributed by atoms with Crippen molar-refractivity contribution in [2.75, 3.05) is 5.32 Å². The van der Waals surface area contributed by atoms with Crippen LogP contribution in [0.3, 0.4) is 0 Å². The second-order valence-electron chi connectivity index (χ2n) is 4.27. The highest BCUT2D eigenvalue weighted by Crippen LogP contribution is 2.30. The molecule has 6 nitrogen and oxygen atoms in total. The first kappa shape index (κ1) is 16.0. The Bertz CT molecular complexity index is 808. The largest absolute Gasteiger partial charge is 0.410 e. The molecule has 22 heavy (non-hydrogen) atoms. The lowest BCUT2D eigenvalue weighted by Gasteiger charge is -2.14. The Morgan fingerprint density at radius 2 is 2.09 bits per heavy atom. The van der Waals surface area contributed by atoms with Gasteiger partial charge in [-0.25, -0.2) is 9.18 Å². The monoisotopic (exact) mass is 373 g/mol. The van der Waals surface area contributed by atoms with Crippen molar-refractivity contribution in [3.05, 3.63) is 50.9 Å². The smallest absolute Gasteiger partial charge is 0.407 e. The first-order valence-corrected chi connectivity index (χ1v) is 6.67. The molecule has 3 N–H and O–H groups in total. The van der Waals surface area contributed by atoms with E-state index in [0.717, 1.165) is 16.8 Å². The van der Waals surface area contributed by atoms with Crippen LogP contribution in [0.15, 0.2) is 33.7 Å². The van der Waals surface area contributed by atoms with Crippen molar-refractivity contribution >= 4 is 33.4 Å². The summed E-state index contributed by atoms with van der Waals surface area (Å²) in [7, 11) is 1.27. The Hall–Kier alpha value is -2.42. The Kier molecular flexibility index (Phi) is 4.45. The van der Waals surface area contributed by atoms with E-state index in [1.54, 1.807) is 0 Å². The fraction of sp³-hybridized carbons (Fsp3) is 0.0769. The number of amides is 1. The number of nitrogens with zero attached hydrogens (tertiary/aromatic N) is 1. The molecular weight excluding hydrogens is 364 g/mol. The average Bonchev–Trinajstić information content (AvgIpc) is 2.42. The fourth-order valence-electron chi connectivity index (χ4n) is 1.70. The Morgan fingerprint density at radius 3 is 2.68 bits per heavy atom. The number of aromatic nitrogens is 1. The molecule has 0 aliphatic heterocycles. The van der Waals surface area contributed by atoms with Gasteiger partial charge in [0.25, 0.3) is 5.56 Å². The molecule has 0 aliphatic carbocycles. The molecule has 9 heteroatoms. The third-order valence-electron chi connectivity index (χ3n) is 2.69. The SMILES string of the molecule is Cn1cc(OC(N)=O)c(Nc2ccc(Br)cc2F)c(F)c1=O. The van der Waals surface area contributed by atoms with E-state index in [1.165, 1.54) is 19.2 Å². The van der Waals surface area contributed by atoms with Crippen LogP contribution in [-0.4, -0.2) is 10.7 Å². The molecular formula is C13H10BrF2N3O3. The molecule has 0 fully saturated rings. The molecule has 0 bridgehead atoms. The standard InChI is InChI=1S/C13H10BrF2N3O3/c1-19-5-9(22-13(17)21)11(10(16)12(19)20)18-8-3-2-6(14)4-7(8)15/h2-5,18H,1H3,(H2,17,21). The maximum Gasteiger partial charge on any atom is 0.410 e. The van der Waals surface area contributed by atoms with Gasteiger partial charge in [0.15, 0.2) is 5.75 Å². The maximum atomic E-state index is 14.1. The molecule has 0 aliphatic rings. The van der Waals surface area contributed by atoms with Crippen LogP contribution in [0, 0.1) is 11.6 Å². The van der Waals surface area contributed by atoms with Gasteiger partial charge in [-0.15, -0.1) is 0 Å². The van der Waals surface area contributed by atoms with E-state index in [0.29, 0.717) is 4.47 Å². The number of anilines is 2. The van der Waals surface area contributed by atoms with Crippen molar-refractivity contribution in [3.63, 3.8) is 0 Å². The van der Waals surface area contributed by atoms with Gasteiger partial charge in [-0.1, -0.05) is 15.9 Å². The minimum absolute atomic E-state index is 0.107. The second-order valence-corrected chi connectivity index (χ2v) is 5.18. The van der Waals surface area contributed by atoms with Crippen LogP contribution >= 0.6 is 15.9 Å². The van der Waals surface area contributed by atoms with Crippen molar-refractivity contribution in [1.29, 1.82) is 0 Å². The third kappa shape index (κ3) is 3.25. The summed E-state index contributed by atoms with van der Waals surface area (Å²) in [5.74, 6) is -2.27. The number of nitrogens with two attached hydrogens (primary N) is 1. The number of carbonyl (C=O) groups excluding carboxylic acids is 1. The van der Waals surface area contributed by atoms with E-state index < -0.39 is 29.0 Å². The third-order valence-corrected chi connectivity index (χ3v) is 3.18. The first-order chi connectivity index (χ1) is 10.3. The van der Waals surface area contributed by atoms with Crippen LogP contribution in [0.2, 0.25) is 0 Å². The first-order valence-electron chi connectivity index (χ1n) is 5.88. The number of carbonyl (C=O) groups is 1. The van der Waals surface area contributed by atoms with Crippen LogP contribution in [0.4, 0.5) is 25.0 Å².